The number of carbonyl (C=O) groups excluding carboxylic acids is 3. The van der Waals surface area contributed by atoms with Crippen molar-refractivity contribution < 1.29 is 28.6 Å². The maximum Gasteiger partial charge on any atom is 0.306 e. The summed E-state index contributed by atoms with van der Waals surface area (Å²) in [6.45, 7) is 6.34. The van der Waals surface area contributed by atoms with Gasteiger partial charge in [-0.25, -0.2) is 0 Å². The largest absolute Gasteiger partial charge is 0.462 e. The Morgan fingerprint density at radius 2 is 0.727 bits per heavy atom. The second-order valence-corrected chi connectivity index (χ2v) is 14.9. The third-order valence-electron chi connectivity index (χ3n) is 9.52. The maximum atomic E-state index is 12.7. The second kappa shape index (κ2) is 43.8. The molecular weight excluding hydrogens is 685 g/mol. The molecule has 0 saturated carbocycles. The monoisotopic (exact) mass is 769 g/mol. The number of rotatable bonds is 40. The standard InChI is InChI=1S/C49H84O6/c1-4-7-10-13-16-19-22-24-25-28-30-33-36-39-42-48(51)54-45-46(44-53-47(50)41-38-35-32-29-26-21-18-15-12-9-6-3)55-49(52)43-40-37-34-31-27-23-20-17-14-11-8-5-2/h7,9-10,12,16,18-19,21,29,32,46H,4-6,8,11,13-15,17,20,22-28,30-31,33-45H2,1-3H3/b10-7-,12-9-,19-16-,21-18-,32-29-. The average molecular weight is 769 g/mol. The molecule has 0 heterocycles. The van der Waals surface area contributed by atoms with Gasteiger partial charge in [0.25, 0.3) is 0 Å². The van der Waals surface area contributed by atoms with E-state index in [1.54, 1.807) is 0 Å². The van der Waals surface area contributed by atoms with Gasteiger partial charge in [0.15, 0.2) is 6.10 Å². The van der Waals surface area contributed by atoms with Crippen LogP contribution in [-0.2, 0) is 28.6 Å². The molecule has 0 amide bonds. The van der Waals surface area contributed by atoms with Gasteiger partial charge in [0.2, 0.25) is 0 Å². The van der Waals surface area contributed by atoms with Gasteiger partial charge < -0.3 is 14.2 Å². The molecule has 1 atom stereocenters. The van der Waals surface area contributed by atoms with Crippen LogP contribution < -0.4 is 0 Å². The first-order valence-corrected chi connectivity index (χ1v) is 22.8. The molecule has 55 heavy (non-hydrogen) atoms. The highest BCUT2D eigenvalue weighted by Crippen LogP contribution is 2.14. The van der Waals surface area contributed by atoms with Gasteiger partial charge in [-0.05, 0) is 70.6 Å². The lowest BCUT2D eigenvalue weighted by Crippen LogP contribution is -2.30. The summed E-state index contributed by atoms with van der Waals surface area (Å²) in [4.78, 5) is 37.7. The van der Waals surface area contributed by atoms with E-state index in [0.717, 1.165) is 83.5 Å². The van der Waals surface area contributed by atoms with E-state index in [0.29, 0.717) is 19.3 Å². The molecule has 0 radical (unpaired) electrons. The van der Waals surface area contributed by atoms with Crippen molar-refractivity contribution in [3.63, 3.8) is 0 Å². The highest BCUT2D eigenvalue weighted by atomic mass is 16.6. The van der Waals surface area contributed by atoms with Gasteiger partial charge in [0.1, 0.15) is 13.2 Å². The average Bonchev–Trinajstić information content (AvgIpc) is 3.18. The molecule has 0 spiro atoms. The van der Waals surface area contributed by atoms with Crippen molar-refractivity contribution in [1.82, 2.24) is 0 Å². The Labute approximate surface area is 339 Å². The summed E-state index contributed by atoms with van der Waals surface area (Å²) in [5.74, 6) is -0.960. The highest BCUT2D eigenvalue weighted by molar-refractivity contribution is 5.71. The van der Waals surface area contributed by atoms with Gasteiger partial charge >= 0.3 is 17.9 Å². The van der Waals surface area contributed by atoms with Gasteiger partial charge in [-0.3, -0.25) is 14.4 Å². The predicted molar refractivity (Wildman–Crippen MR) is 233 cm³/mol. The molecule has 0 aromatic carbocycles. The molecule has 0 aliphatic carbocycles. The second-order valence-electron chi connectivity index (χ2n) is 14.9. The van der Waals surface area contributed by atoms with E-state index in [1.807, 2.05) is 0 Å². The highest BCUT2D eigenvalue weighted by Gasteiger charge is 2.19. The molecule has 0 rings (SSSR count). The minimum atomic E-state index is -0.792. The molecule has 316 valence electrons. The van der Waals surface area contributed by atoms with Crippen LogP contribution in [0.15, 0.2) is 60.8 Å². The van der Waals surface area contributed by atoms with Gasteiger partial charge in [-0.15, -0.1) is 0 Å². The topological polar surface area (TPSA) is 78.9 Å². The fraction of sp³-hybridized carbons (Fsp3) is 0.735. The SMILES string of the molecule is CC/C=C\C/C=C\C/C=C\CCCC(=O)OCC(COC(=O)CCCCCCCCC/C=C\C/C=C\CC)OC(=O)CCCCCCCCCCCCCC. The number of allylic oxidation sites excluding steroid dienone is 10. The molecule has 0 aliphatic rings. The van der Waals surface area contributed by atoms with Crippen LogP contribution in [0.3, 0.4) is 0 Å². The normalized spacial score (nSPS) is 12.6. The lowest BCUT2D eigenvalue weighted by molar-refractivity contribution is -0.167. The van der Waals surface area contributed by atoms with Crippen molar-refractivity contribution in [1.29, 1.82) is 0 Å². The molecule has 1 unspecified atom stereocenters. The predicted octanol–water partition coefficient (Wildman–Crippen LogP) is 14.5. The molecule has 6 heteroatoms. The number of esters is 3. The van der Waals surface area contributed by atoms with Crippen LogP contribution in [0.1, 0.15) is 213 Å². The van der Waals surface area contributed by atoms with Crippen molar-refractivity contribution in [2.24, 2.45) is 0 Å². The molecule has 0 bridgehead atoms. The van der Waals surface area contributed by atoms with Gasteiger partial charge in [-0.2, -0.15) is 0 Å². The van der Waals surface area contributed by atoms with Gasteiger partial charge in [-0.1, -0.05) is 184 Å². The molecule has 6 nitrogen and oxygen atoms in total. The van der Waals surface area contributed by atoms with Gasteiger partial charge in [0.05, 0.1) is 0 Å². The van der Waals surface area contributed by atoms with Crippen molar-refractivity contribution in [3.05, 3.63) is 60.8 Å². The zero-order valence-corrected chi connectivity index (χ0v) is 35.9. The summed E-state index contributed by atoms with van der Waals surface area (Å²) in [5.41, 5.74) is 0. The van der Waals surface area contributed by atoms with Crippen molar-refractivity contribution in [3.8, 4) is 0 Å². The van der Waals surface area contributed by atoms with E-state index in [9.17, 15) is 14.4 Å². The lowest BCUT2D eigenvalue weighted by Gasteiger charge is -2.18. The quantitative estimate of drug-likeness (QED) is 0.0267. The molecule has 0 aromatic heterocycles. The van der Waals surface area contributed by atoms with Crippen molar-refractivity contribution in [2.75, 3.05) is 13.2 Å². The number of unbranched alkanes of at least 4 members (excludes halogenated alkanes) is 19. The van der Waals surface area contributed by atoms with Crippen molar-refractivity contribution in [2.45, 2.75) is 219 Å². The summed E-state index contributed by atoms with van der Waals surface area (Å²) in [5, 5.41) is 0. The zero-order valence-electron chi connectivity index (χ0n) is 35.9. The van der Waals surface area contributed by atoms with Crippen LogP contribution in [0.5, 0.6) is 0 Å². The minimum absolute atomic E-state index is 0.0931. The first-order valence-electron chi connectivity index (χ1n) is 22.8. The summed E-state index contributed by atoms with van der Waals surface area (Å²) in [7, 11) is 0. The minimum Gasteiger partial charge on any atom is -0.462 e. The number of ether oxygens (including phenoxy) is 3. The van der Waals surface area contributed by atoms with Gasteiger partial charge in [0, 0.05) is 19.3 Å². The third kappa shape index (κ3) is 42.1. The molecule has 0 N–H and O–H groups in total. The summed E-state index contributed by atoms with van der Waals surface area (Å²) >= 11 is 0. The fourth-order valence-electron chi connectivity index (χ4n) is 6.15. The third-order valence-corrected chi connectivity index (χ3v) is 9.52. The first-order chi connectivity index (χ1) is 27.0. The van der Waals surface area contributed by atoms with Crippen LogP contribution in [0.25, 0.3) is 0 Å². The van der Waals surface area contributed by atoms with E-state index in [-0.39, 0.29) is 37.5 Å². The fourth-order valence-corrected chi connectivity index (χ4v) is 6.15. The molecule has 0 saturated heterocycles. The summed E-state index contributed by atoms with van der Waals surface area (Å²) in [6, 6.07) is 0. The summed E-state index contributed by atoms with van der Waals surface area (Å²) < 4.78 is 16.6. The number of carbonyl (C=O) groups is 3. The van der Waals surface area contributed by atoms with Crippen molar-refractivity contribution >= 4 is 17.9 Å². The Morgan fingerprint density at radius 3 is 1.18 bits per heavy atom. The van der Waals surface area contributed by atoms with E-state index >= 15 is 0 Å². The first kappa shape index (κ1) is 52.1. The zero-order chi connectivity index (χ0) is 40.1. The van der Waals surface area contributed by atoms with Crippen LogP contribution in [0.2, 0.25) is 0 Å². The van der Waals surface area contributed by atoms with Crippen LogP contribution >= 0.6 is 0 Å². The molecule has 0 aliphatic heterocycles. The van der Waals surface area contributed by atoms with E-state index in [2.05, 4.69) is 81.5 Å². The Balaban J connectivity index is 4.43. The van der Waals surface area contributed by atoms with Crippen LogP contribution in [0.4, 0.5) is 0 Å². The lowest BCUT2D eigenvalue weighted by atomic mass is 10.0. The molecule has 0 aromatic rings. The van der Waals surface area contributed by atoms with E-state index in [1.165, 1.54) is 83.5 Å². The van der Waals surface area contributed by atoms with E-state index in [4.69, 9.17) is 14.2 Å². The Morgan fingerprint density at radius 1 is 0.382 bits per heavy atom. The number of hydrogen-bond acceptors (Lipinski definition) is 6. The van der Waals surface area contributed by atoms with Crippen LogP contribution in [-0.4, -0.2) is 37.2 Å². The molecule has 0 fully saturated rings. The molecular formula is C49H84O6. The Bertz CT molecular complexity index is 1020. The number of hydrogen-bond donors (Lipinski definition) is 0. The maximum absolute atomic E-state index is 12.7. The Hall–Kier alpha value is -2.89. The van der Waals surface area contributed by atoms with E-state index < -0.39 is 6.10 Å². The summed E-state index contributed by atoms with van der Waals surface area (Å²) in [6.07, 6.45) is 52.1. The Kier molecular flexibility index (Phi) is 41.5. The van der Waals surface area contributed by atoms with Crippen LogP contribution in [0, 0.1) is 0 Å². The smallest absolute Gasteiger partial charge is 0.306 e.